The Labute approximate surface area is 208 Å². The molecule has 33 heavy (non-hydrogen) atoms. The van der Waals surface area contributed by atoms with Gasteiger partial charge in [0.1, 0.15) is 0 Å². The van der Waals surface area contributed by atoms with Crippen LogP contribution in [0.1, 0.15) is 29.5 Å². The molecule has 0 spiro atoms. The monoisotopic (exact) mass is 581 g/mol. The Kier molecular flexibility index (Phi) is 7.63. The van der Waals surface area contributed by atoms with Crippen molar-refractivity contribution < 1.29 is 17.9 Å². The van der Waals surface area contributed by atoms with Crippen molar-refractivity contribution in [2.75, 3.05) is 19.7 Å². The lowest BCUT2D eigenvalue weighted by Crippen LogP contribution is -2.43. The summed E-state index contributed by atoms with van der Waals surface area (Å²) >= 11 is 6.84. The second-order valence-electron chi connectivity index (χ2n) is 8.46. The van der Waals surface area contributed by atoms with E-state index in [1.807, 2.05) is 36.4 Å². The predicted octanol–water partition coefficient (Wildman–Crippen LogP) is 7.74. The van der Waals surface area contributed by atoms with Gasteiger partial charge in [0, 0.05) is 14.4 Å². The van der Waals surface area contributed by atoms with E-state index in [0.29, 0.717) is 23.3 Å². The van der Waals surface area contributed by atoms with Gasteiger partial charge in [-0.1, -0.05) is 62.2 Å². The van der Waals surface area contributed by atoms with Gasteiger partial charge in [-0.2, -0.15) is 13.2 Å². The Morgan fingerprint density at radius 3 is 2.12 bits per heavy atom. The predicted molar refractivity (Wildman–Crippen MR) is 132 cm³/mol. The molecule has 174 valence electrons. The van der Waals surface area contributed by atoms with Gasteiger partial charge in [0.2, 0.25) is 0 Å². The van der Waals surface area contributed by atoms with Crippen LogP contribution in [0.25, 0.3) is 11.1 Å². The van der Waals surface area contributed by atoms with E-state index in [1.165, 1.54) is 17.7 Å². The summed E-state index contributed by atoms with van der Waals surface area (Å²) in [6, 6.07) is 19.9. The molecule has 2 nitrogen and oxygen atoms in total. The summed E-state index contributed by atoms with van der Waals surface area (Å²) in [6.45, 7) is 2.37. The normalized spacial score (nSPS) is 16.0. The summed E-state index contributed by atoms with van der Waals surface area (Å²) in [7, 11) is 0. The van der Waals surface area contributed by atoms with Crippen molar-refractivity contribution in [3.05, 3.63) is 92.4 Å². The van der Waals surface area contributed by atoms with Crippen molar-refractivity contribution in [2.45, 2.75) is 31.0 Å². The lowest BCUT2D eigenvalue weighted by Gasteiger charge is -2.38. The maximum absolute atomic E-state index is 13.7. The topological polar surface area (TPSA) is 21.3 Å². The number of nitrogens with one attached hydrogen (secondary N) is 1. The molecule has 0 amide bonds. The average molecular weight is 583 g/mol. The number of rotatable bonds is 6. The first-order chi connectivity index (χ1) is 15.7. The quantitative estimate of drug-likeness (QED) is 0.321. The van der Waals surface area contributed by atoms with Gasteiger partial charge < -0.3 is 10.1 Å². The van der Waals surface area contributed by atoms with Crippen LogP contribution in [0.2, 0.25) is 0 Å². The molecule has 7 heteroatoms. The van der Waals surface area contributed by atoms with E-state index in [4.69, 9.17) is 4.74 Å². The van der Waals surface area contributed by atoms with Crippen LogP contribution in [0.15, 0.2) is 75.7 Å². The summed E-state index contributed by atoms with van der Waals surface area (Å²) in [5.74, 6) is 0. The maximum atomic E-state index is 13.7. The molecule has 3 aromatic rings. The van der Waals surface area contributed by atoms with Gasteiger partial charge in [-0.15, -0.1) is 0 Å². The van der Waals surface area contributed by atoms with Crippen molar-refractivity contribution in [1.29, 1.82) is 0 Å². The molecule has 0 radical (unpaired) electrons. The Bertz CT molecular complexity index is 1080. The van der Waals surface area contributed by atoms with Gasteiger partial charge in [-0.3, -0.25) is 0 Å². The molecular formula is C26H24Br2F3NO. The molecule has 1 saturated heterocycles. The third-order valence-electron chi connectivity index (χ3n) is 6.11. The van der Waals surface area contributed by atoms with Gasteiger partial charge in [0.25, 0.3) is 0 Å². The van der Waals surface area contributed by atoms with Crippen molar-refractivity contribution >= 4 is 31.9 Å². The largest absolute Gasteiger partial charge is 0.416 e. The molecule has 1 fully saturated rings. The van der Waals surface area contributed by atoms with Crippen molar-refractivity contribution in [3.63, 3.8) is 0 Å². The minimum absolute atomic E-state index is 0.119. The van der Waals surface area contributed by atoms with E-state index in [0.717, 1.165) is 34.9 Å². The number of halogens is 5. The summed E-state index contributed by atoms with van der Waals surface area (Å²) in [4.78, 5) is 0. The molecule has 4 rings (SSSR count). The van der Waals surface area contributed by atoms with Crippen LogP contribution >= 0.6 is 31.9 Å². The van der Waals surface area contributed by atoms with E-state index in [9.17, 15) is 13.2 Å². The SMILES string of the molecule is FC(F)(F)c1cc(COCC2(c3ccccc3)CCNCC2)cc(-c2cc(Br)cc(Br)c2)c1. The second-order valence-corrected chi connectivity index (χ2v) is 10.3. The molecule has 0 saturated carbocycles. The van der Waals surface area contributed by atoms with Crippen LogP contribution in [-0.2, 0) is 22.9 Å². The van der Waals surface area contributed by atoms with Gasteiger partial charge in [-0.05, 0) is 84.6 Å². The number of benzene rings is 3. The van der Waals surface area contributed by atoms with Crippen LogP contribution in [-0.4, -0.2) is 19.7 Å². The van der Waals surface area contributed by atoms with Crippen LogP contribution in [0, 0.1) is 0 Å². The van der Waals surface area contributed by atoms with E-state index in [2.05, 4.69) is 49.3 Å². The highest BCUT2D eigenvalue weighted by Crippen LogP contribution is 2.37. The van der Waals surface area contributed by atoms with Crippen LogP contribution in [0.4, 0.5) is 13.2 Å². The highest BCUT2D eigenvalue weighted by Gasteiger charge is 2.34. The minimum atomic E-state index is -4.44. The Hall–Kier alpha value is -1.67. The van der Waals surface area contributed by atoms with E-state index in [1.54, 1.807) is 6.07 Å². The zero-order valence-corrected chi connectivity index (χ0v) is 21.1. The number of hydrogen-bond donors (Lipinski definition) is 1. The van der Waals surface area contributed by atoms with Gasteiger partial charge >= 0.3 is 6.18 Å². The molecule has 0 aromatic heterocycles. The maximum Gasteiger partial charge on any atom is 0.416 e. The molecule has 1 aliphatic heterocycles. The molecule has 0 unspecified atom stereocenters. The molecule has 0 atom stereocenters. The first kappa shape index (κ1) is 24.5. The van der Waals surface area contributed by atoms with Gasteiger partial charge in [0.15, 0.2) is 0 Å². The summed E-state index contributed by atoms with van der Waals surface area (Å²) in [5, 5.41) is 3.39. The fraction of sp³-hybridized carbons (Fsp3) is 0.308. The highest BCUT2D eigenvalue weighted by molar-refractivity contribution is 9.11. The third-order valence-corrected chi connectivity index (χ3v) is 7.03. The summed E-state index contributed by atoms with van der Waals surface area (Å²) in [6.07, 6.45) is -2.58. The Balaban J connectivity index is 1.59. The van der Waals surface area contributed by atoms with Crippen molar-refractivity contribution in [2.24, 2.45) is 0 Å². The van der Waals surface area contributed by atoms with Crippen molar-refractivity contribution in [1.82, 2.24) is 5.32 Å². The van der Waals surface area contributed by atoms with E-state index in [-0.39, 0.29) is 12.0 Å². The van der Waals surface area contributed by atoms with Gasteiger partial charge in [0.05, 0.1) is 18.8 Å². The molecule has 3 aromatic carbocycles. The summed E-state index contributed by atoms with van der Waals surface area (Å²) in [5.41, 5.74) is 2.12. The van der Waals surface area contributed by atoms with Gasteiger partial charge in [-0.25, -0.2) is 0 Å². The van der Waals surface area contributed by atoms with E-state index >= 15 is 0 Å². The van der Waals surface area contributed by atoms with E-state index < -0.39 is 11.7 Å². The highest BCUT2D eigenvalue weighted by atomic mass is 79.9. The van der Waals surface area contributed by atoms with Crippen LogP contribution in [0.5, 0.6) is 0 Å². The lowest BCUT2D eigenvalue weighted by atomic mass is 9.74. The minimum Gasteiger partial charge on any atom is -0.376 e. The molecular weight excluding hydrogens is 559 g/mol. The Morgan fingerprint density at radius 2 is 1.48 bits per heavy atom. The second kappa shape index (κ2) is 10.3. The number of piperidine rings is 1. The smallest absolute Gasteiger partial charge is 0.376 e. The Morgan fingerprint density at radius 1 is 0.848 bits per heavy atom. The first-order valence-electron chi connectivity index (χ1n) is 10.8. The fourth-order valence-electron chi connectivity index (χ4n) is 4.40. The molecule has 1 aliphatic rings. The first-order valence-corrected chi connectivity index (χ1v) is 12.4. The zero-order chi connectivity index (χ0) is 23.5. The summed E-state index contributed by atoms with van der Waals surface area (Å²) < 4.78 is 48.6. The van der Waals surface area contributed by atoms with Crippen molar-refractivity contribution in [3.8, 4) is 11.1 Å². The molecule has 1 N–H and O–H groups in total. The lowest BCUT2D eigenvalue weighted by molar-refractivity contribution is -0.137. The van der Waals surface area contributed by atoms with Crippen LogP contribution in [0.3, 0.4) is 0 Å². The molecule has 0 aliphatic carbocycles. The standard InChI is InChI=1S/C26H24Br2F3NO/c27-23-13-20(14-24(28)15-23)19-10-18(11-22(12-19)26(29,30)31)16-33-17-25(6-8-32-9-7-25)21-4-2-1-3-5-21/h1-5,10-15,32H,6-9,16-17H2. The third kappa shape index (κ3) is 6.07. The molecule has 0 bridgehead atoms. The number of hydrogen-bond acceptors (Lipinski definition) is 2. The fourth-order valence-corrected chi connectivity index (χ4v) is 5.70. The zero-order valence-electron chi connectivity index (χ0n) is 17.9. The average Bonchev–Trinajstić information content (AvgIpc) is 2.79. The number of ether oxygens (including phenoxy) is 1. The molecule has 1 heterocycles. The number of alkyl halides is 3. The van der Waals surface area contributed by atoms with Crippen LogP contribution < -0.4 is 5.32 Å².